The van der Waals surface area contributed by atoms with Crippen molar-refractivity contribution in [3.8, 4) is 11.5 Å². The van der Waals surface area contributed by atoms with Gasteiger partial charge in [-0.15, -0.1) is 0 Å². The monoisotopic (exact) mass is 300 g/mol. The van der Waals surface area contributed by atoms with Crippen LogP contribution in [-0.4, -0.2) is 38.6 Å². The molecule has 22 heavy (non-hydrogen) atoms. The van der Waals surface area contributed by atoms with E-state index >= 15 is 0 Å². The minimum Gasteiger partial charge on any atom is -0.379 e. The minimum absolute atomic E-state index is 0.0318. The van der Waals surface area contributed by atoms with E-state index in [9.17, 15) is 9.59 Å². The van der Waals surface area contributed by atoms with Gasteiger partial charge in [-0.1, -0.05) is 12.1 Å². The number of rotatable bonds is 5. The fourth-order valence-corrected chi connectivity index (χ4v) is 2.12. The molecule has 0 aliphatic heterocycles. The summed E-state index contributed by atoms with van der Waals surface area (Å²) in [4.78, 5) is 26.7. The number of para-hydroxylation sites is 2. The molecule has 9 nitrogen and oxygen atoms in total. The molecule has 0 atom stereocenters. The van der Waals surface area contributed by atoms with Crippen molar-refractivity contribution in [2.45, 2.75) is 6.54 Å². The lowest BCUT2D eigenvalue weighted by molar-refractivity contribution is -0.122. The molecule has 2 heterocycles. The van der Waals surface area contributed by atoms with Crippen LogP contribution in [0.3, 0.4) is 0 Å². The number of aldehydes is 1. The molecule has 0 spiro atoms. The number of amides is 1. The summed E-state index contributed by atoms with van der Waals surface area (Å²) in [5.41, 5.74) is 7.39. The van der Waals surface area contributed by atoms with Crippen LogP contribution in [-0.2, 0) is 16.1 Å². The second-order valence-electron chi connectivity index (χ2n) is 4.48. The van der Waals surface area contributed by atoms with Crippen LogP contribution in [0.25, 0.3) is 22.6 Å². The molecule has 0 aliphatic rings. The Hall–Kier alpha value is -3.23. The summed E-state index contributed by atoms with van der Waals surface area (Å²) in [6.07, 6.45) is 0.615. The Kier molecular flexibility index (Phi) is 3.52. The largest absolute Gasteiger partial charge is 0.379 e. The molecule has 9 heteroatoms. The average Bonchev–Trinajstić information content (AvgIpc) is 3.09. The quantitative estimate of drug-likeness (QED) is 0.633. The number of nitrogens with one attached hydrogen (secondary N) is 1. The number of nitrogens with zero attached hydrogens (tertiary/aromatic N) is 4. The summed E-state index contributed by atoms with van der Waals surface area (Å²) in [5.74, 6) is 0.137. The Morgan fingerprint density at radius 3 is 2.91 bits per heavy atom. The van der Waals surface area contributed by atoms with Gasteiger partial charge < -0.3 is 20.4 Å². The van der Waals surface area contributed by atoms with Crippen LogP contribution in [0, 0.1) is 0 Å². The van der Waals surface area contributed by atoms with Crippen molar-refractivity contribution in [2.24, 2.45) is 0 Å². The summed E-state index contributed by atoms with van der Waals surface area (Å²) in [7, 11) is 0. The predicted octanol–water partition coefficient (Wildman–Crippen LogP) is -0.0164. The maximum atomic E-state index is 11.9. The first-order valence-electron chi connectivity index (χ1n) is 6.44. The summed E-state index contributed by atoms with van der Waals surface area (Å²) >= 11 is 0. The highest BCUT2D eigenvalue weighted by atomic mass is 16.6. The number of nitrogen functional groups attached to an aromatic ring is 1. The van der Waals surface area contributed by atoms with E-state index in [1.807, 2.05) is 24.3 Å². The molecule has 3 rings (SSSR count). The lowest BCUT2D eigenvalue weighted by Gasteiger charge is -2.07. The summed E-state index contributed by atoms with van der Waals surface area (Å²) in [5, 5.41) is 9.73. The zero-order chi connectivity index (χ0) is 15.5. The Labute approximate surface area is 124 Å². The van der Waals surface area contributed by atoms with Crippen molar-refractivity contribution in [1.82, 2.24) is 25.2 Å². The molecule has 1 aromatic carbocycles. The maximum Gasteiger partial charge on any atom is 0.240 e. The molecule has 0 unspecified atom stereocenters. The zero-order valence-corrected chi connectivity index (χ0v) is 11.4. The van der Waals surface area contributed by atoms with Crippen molar-refractivity contribution in [3.63, 3.8) is 0 Å². The first-order valence-corrected chi connectivity index (χ1v) is 6.44. The Morgan fingerprint density at radius 2 is 2.18 bits per heavy atom. The lowest BCUT2D eigenvalue weighted by Crippen LogP contribution is -2.29. The van der Waals surface area contributed by atoms with Crippen molar-refractivity contribution in [3.05, 3.63) is 24.3 Å². The van der Waals surface area contributed by atoms with E-state index in [0.29, 0.717) is 17.6 Å². The molecule has 0 fully saturated rings. The summed E-state index contributed by atoms with van der Waals surface area (Å²) in [6, 6.07) is 7.29. The van der Waals surface area contributed by atoms with Gasteiger partial charge in [0.2, 0.25) is 5.91 Å². The van der Waals surface area contributed by atoms with Gasteiger partial charge in [-0.3, -0.25) is 4.79 Å². The van der Waals surface area contributed by atoms with Crippen molar-refractivity contribution >= 4 is 29.0 Å². The highest BCUT2D eigenvalue weighted by Gasteiger charge is 2.20. The molecule has 0 aliphatic carbocycles. The zero-order valence-electron chi connectivity index (χ0n) is 11.4. The molecule has 3 aromatic rings. The topological polar surface area (TPSA) is 129 Å². The number of carbonyl (C=O) groups is 2. The lowest BCUT2D eigenvalue weighted by atomic mass is 10.3. The van der Waals surface area contributed by atoms with Gasteiger partial charge in [-0.25, -0.2) is 9.61 Å². The van der Waals surface area contributed by atoms with Crippen LogP contribution in [0.1, 0.15) is 0 Å². The predicted molar refractivity (Wildman–Crippen MR) is 76.5 cm³/mol. The molecule has 0 saturated heterocycles. The van der Waals surface area contributed by atoms with Gasteiger partial charge in [-0.2, -0.15) is 0 Å². The third-order valence-electron chi connectivity index (χ3n) is 3.06. The molecule has 2 aromatic heterocycles. The van der Waals surface area contributed by atoms with Gasteiger partial charge in [0.15, 0.2) is 17.3 Å². The molecule has 0 radical (unpaired) electrons. The minimum atomic E-state index is -0.327. The number of imidazole rings is 1. The van der Waals surface area contributed by atoms with Gasteiger partial charge in [0.05, 0.1) is 17.6 Å². The second kappa shape index (κ2) is 5.64. The van der Waals surface area contributed by atoms with Crippen LogP contribution in [0.15, 0.2) is 28.9 Å². The fraction of sp³-hybridized carbons (Fsp3) is 0.154. The number of hydrogen-bond donors (Lipinski definition) is 2. The van der Waals surface area contributed by atoms with Gasteiger partial charge in [0.25, 0.3) is 0 Å². The molecular formula is C13H12N6O3. The van der Waals surface area contributed by atoms with E-state index in [1.165, 1.54) is 0 Å². The standard InChI is InChI=1S/C13H12N6O3/c14-12-11(17-22-18-12)13-16-8-3-1-2-4-9(8)19(13)7-10(21)15-5-6-20/h1-4,6H,5,7H2,(H2,14,18)(H,15,21). The number of hydrogen-bond acceptors (Lipinski definition) is 7. The smallest absolute Gasteiger partial charge is 0.240 e. The third-order valence-corrected chi connectivity index (χ3v) is 3.06. The molecule has 0 saturated carbocycles. The number of benzene rings is 1. The summed E-state index contributed by atoms with van der Waals surface area (Å²) in [6.45, 7) is -0.0789. The first-order chi connectivity index (χ1) is 10.7. The second-order valence-corrected chi connectivity index (χ2v) is 4.48. The Morgan fingerprint density at radius 1 is 1.36 bits per heavy atom. The van der Waals surface area contributed by atoms with Gasteiger partial charge in [0, 0.05) is 0 Å². The van der Waals surface area contributed by atoms with E-state index in [1.54, 1.807) is 4.57 Å². The fourth-order valence-electron chi connectivity index (χ4n) is 2.12. The molecule has 3 N–H and O–H groups in total. The van der Waals surface area contributed by atoms with Crippen molar-refractivity contribution in [1.29, 1.82) is 0 Å². The van der Waals surface area contributed by atoms with Gasteiger partial charge >= 0.3 is 0 Å². The van der Waals surface area contributed by atoms with Crippen LogP contribution >= 0.6 is 0 Å². The van der Waals surface area contributed by atoms with Crippen molar-refractivity contribution < 1.29 is 14.2 Å². The molecule has 1 amide bonds. The number of carbonyl (C=O) groups excluding carboxylic acids is 2. The van der Waals surface area contributed by atoms with Crippen molar-refractivity contribution in [2.75, 3.05) is 12.3 Å². The normalized spacial score (nSPS) is 10.7. The summed E-state index contributed by atoms with van der Waals surface area (Å²) < 4.78 is 6.24. The third kappa shape index (κ3) is 2.39. The molecule has 0 bridgehead atoms. The Balaban J connectivity index is 2.07. The molecular weight excluding hydrogens is 288 g/mol. The van der Waals surface area contributed by atoms with E-state index in [2.05, 4.69) is 25.2 Å². The van der Waals surface area contributed by atoms with E-state index in [-0.39, 0.29) is 30.5 Å². The van der Waals surface area contributed by atoms with Gasteiger partial charge in [-0.05, 0) is 22.4 Å². The van der Waals surface area contributed by atoms with E-state index in [4.69, 9.17) is 5.73 Å². The number of nitrogens with two attached hydrogens (primary N) is 1. The van der Waals surface area contributed by atoms with Crippen LogP contribution in [0.4, 0.5) is 5.82 Å². The highest BCUT2D eigenvalue weighted by molar-refractivity contribution is 5.85. The van der Waals surface area contributed by atoms with Crippen LogP contribution in [0.2, 0.25) is 0 Å². The average molecular weight is 300 g/mol. The SMILES string of the molecule is Nc1nonc1-c1nc2ccccc2n1CC(=O)NCC=O. The Bertz CT molecular complexity index is 837. The van der Waals surface area contributed by atoms with Gasteiger partial charge in [0.1, 0.15) is 12.8 Å². The molecule has 112 valence electrons. The van der Waals surface area contributed by atoms with E-state index in [0.717, 1.165) is 5.52 Å². The highest BCUT2D eigenvalue weighted by Crippen LogP contribution is 2.26. The van der Waals surface area contributed by atoms with E-state index < -0.39 is 0 Å². The number of fused-ring (bicyclic) bond motifs is 1. The number of anilines is 1. The number of aromatic nitrogens is 4. The van der Waals surface area contributed by atoms with Crippen LogP contribution in [0.5, 0.6) is 0 Å². The van der Waals surface area contributed by atoms with Crippen LogP contribution < -0.4 is 11.1 Å². The first kappa shape index (κ1) is 13.7. The maximum absolute atomic E-state index is 11.9.